The highest BCUT2D eigenvalue weighted by Crippen LogP contribution is 2.45. The van der Waals surface area contributed by atoms with Crippen molar-refractivity contribution in [1.82, 2.24) is 10.2 Å². The summed E-state index contributed by atoms with van der Waals surface area (Å²) in [6, 6.07) is 7.27. The smallest absolute Gasteiger partial charge is 0.247 e. The molecular formula is C13H14N4O2. The van der Waals surface area contributed by atoms with Crippen LogP contribution in [0.3, 0.4) is 0 Å². The summed E-state index contributed by atoms with van der Waals surface area (Å²) in [6.07, 6.45) is 3.02. The minimum absolute atomic E-state index is 0.000500. The molecule has 3 rings (SSSR count). The van der Waals surface area contributed by atoms with E-state index >= 15 is 0 Å². The SMILES string of the molecule is NCC1(C(=O)Nc2ccc(-c3nnco3)cc2)CC1. The number of nitrogens with zero attached hydrogens (tertiary/aromatic N) is 2. The van der Waals surface area contributed by atoms with Gasteiger partial charge in [0, 0.05) is 17.8 Å². The monoisotopic (exact) mass is 258 g/mol. The molecule has 0 unspecified atom stereocenters. The number of carbonyl (C=O) groups is 1. The third-order valence-corrected chi connectivity index (χ3v) is 3.48. The van der Waals surface area contributed by atoms with Gasteiger partial charge in [-0.05, 0) is 37.1 Å². The number of aromatic nitrogens is 2. The second-order valence-electron chi connectivity index (χ2n) is 4.76. The second kappa shape index (κ2) is 4.47. The van der Waals surface area contributed by atoms with E-state index in [0.717, 1.165) is 24.1 Å². The minimum atomic E-state index is -0.342. The molecule has 1 amide bonds. The van der Waals surface area contributed by atoms with Crippen LogP contribution in [0.25, 0.3) is 11.5 Å². The molecular weight excluding hydrogens is 244 g/mol. The molecule has 1 aromatic heterocycles. The number of hydrogen-bond donors (Lipinski definition) is 2. The van der Waals surface area contributed by atoms with E-state index in [1.807, 2.05) is 24.3 Å². The van der Waals surface area contributed by atoms with Crippen LogP contribution in [-0.4, -0.2) is 22.6 Å². The number of benzene rings is 1. The third kappa shape index (κ3) is 2.22. The standard InChI is InChI=1S/C13H14N4O2/c14-7-13(5-6-13)12(18)16-10-3-1-9(2-4-10)11-17-15-8-19-11/h1-4,8H,5-7,14H2,(H,16,18). The first-order valence-corrected chi connectivity index (χ1v) is 6.12. The van der Waals surface area contributed by atoms with Gasteiger partial charge >= 0.3 is 0 Å². The first-order valence-electron chi connectivity index (χ1n) is 6.12. The number of rotatable bonds is 4. The molecule has 2 aromatic rings. The third-order valence-electron chi connectivity index (χ3n) is 3.48. The Hall–Kier alpha value is -2.21. The molecule has 1 saturated carbocycles. The Morgan fingerprint density at radius 2 is 2.11 bits per heavy atom. The molecule has 98 valence electrons. The van der Waals surface area contributed by atoms with Gasteiger partial charge in [0.15, 0.2) is 0 Å². The van der Waals surface area contributed by atoms with Gasteiger partial charge in [-0.15, -0.1) is 10.2 Å². The Balaban J connectivity index is 1.71. The van der Waals surface area contributed by atoms with Gasteiger partial charge in [0.1, 0.15) is 0 Å². The maximum Gasteiger partial charge on any atom is 0.247 e. The van der Waals surface area contributed by atoms with E-state index in [0.29, 0.717) is 12.4 Å². The Morgan fingerprint density at radius 1 is 1.37 bits per heavy atom. The Kier molecular flexibility index (Phi) is 2.79. The predicted molar refractivity (Wildman–Crippen MR) is 69.1 cm³/mol. The zero-order valence-electron chi connectivity index (χ0n) is 10.3. The summed E-state index contributed by atoms with van der Waals surface area (Å²) >= 11 is 0. The van der Waals surface area contributed by atoms with Crippen molar-refractivity contribution in [1.29, 1.82) is 0 Å². The zero-order chi connectivity index (χ0) is 13.3. The maximum absolute atomic E-state index is 12.0. The van der Waals surface area contributed by atoms with E-state index < -0.39 is 0 Å². The molecule has 1 aliphatic rings. The fourth-order valence-electron chi connectivity index (χ4n) is 1.93. The van der Waals surface area contributed by atoms with Gasteiger partial charge in [-0.3, -0.25) is 4.79 Å². The second-order valence-corrected chi connectivity index (χ2v) is 4.76. The lowest BCUT2D eigenvalue weighted by molar-refractivity contribution is -0.120. The Bertz CT molecular complexity index is 573. The number of carbonyl (C=O) groups excluding carboxylic acids is 1. The van der Waals surface area contributed by atoms with Crippen molar-refractivity contribution in [2.75, 3.05) is 11.9 Å². The van der Waals surface area contributed by atoms with Gasteiger partial charge in [-0.1, -0.05) is 0 Å². The largest absolute Gasteiger partial charge is 0.423 e. The molecule has 0 bridgehead atoms. The van der Waals surface area contributed by atoms with E-state index in [1.165, 1.54) is 6.39 Å². The van der Waals surface area contributed by atoms with Crippen LogP contribution in [0, 0.1) is 5.41 Å². The topological polar surface area (TPSA) is 94.0 Å². The van der Waals surface area contributed by atoms with Crippen molar-refractivity contribution >= 4 is 11.6 Å². The number of nitrogens with two attached hydrogens (primary N) is 1. The molecule has 6 nitrogen and oxygen atoms in total. The first kappa shape index (κ1) is 11.9. The van der Waals surface area contributed by atoms with Gasteiger partial charge in [0.05, 0.1) is 5.41 Å². The summed E-state index contributed by atoms with van der Waals surface area (Å²) in [5.74, 6) is 0.457. The van der Waals surface area contributed by atoms with Crippen LogP contribution >= 0.6 is 0 Å². The van der Waals surface area contributed by atoms with Crippen LogP contribution < -0.4 is 11.1 Å². The molecule has 1 heterocycles. The summed E-state index contributed by atoms with van der Waals surface area (Å²) in [6.45, 7) is 0.402. The van der Waals surface area contributed by atoms with Gasteiger partial charge in [0.2, 0.25) is 18.2 Å². The average Bonchev–Trinajstić information content (AvgIpc) is 3.06. The van der Waals surface area contributed by atoms with Crippen LogP contribution in [0.2, 0.25) is 0 Å². The van der Waals surface area contributed by atoms with Gasteiger partial charge in [-0.2, -0.15) is 0 Å². The highest BCUT2D eigenvalue weighted by molar-refractivity contribution is 5.97. The molecule has 1 aromatic carbocycles. The van der Waals surface area contributed by atoms with E-state index in [2.05, 4.69) is 15.5 Å². The number of anilines is 1. The van der Waals surface area contributed by atoms with Crippen LogP contribution in [-0.2, 0) is 4.79 Å². The number of hydrogen-bond acceptors (Lipinski definition) is 5. The number of nitrogens with one attached hydrogen (secondary N) is 1. The van der Waals surface area contributed by atoms with Crippen molar-refractivity contribution in [2.45, 2.75) is 12.8 Å². The van der Waals surface area contributed by atoms with Crippen LogP contribution in [0.15, 0.2) is 35.1 Å². The maximum atomic E-state index is 12.0. The van der Waals surface area contributed by atoms with Crippen molar-refractivity contribution in [3.8, 4) is 11.5 Å². The van der Waals surface area contributed by atoms with Gasteiger partial charge < -0.3 is 15.5 Å². The molecule has 19 heavy (non-hydrogen) atoms. The van der Waals surface area contributed by atoms with Crippen molar-refractivity contribution < 1.29 is 9.21 Å². The average molecular weight is 258 g/mol. The lowest BCUT2D eigenvalue weighted by Gasteiger charge is -2.12. The molecule has 0 atom stereocenters. The summed E-state index contributed by atoms with van der Waals surface area (Å²) in [5, 5.41) is 10.3. The fraction of sp³-hybridized carbons (Fsp3) is 0.308. The quantitative estimate of drug-likeness (QED) is 0.864. The minimum Gasteiger partial charge on any atom is -0.423 e. The number of amides is 1. The molecule has 3 N–H and O–H groups in total. The lowest BCUT2D eigenvalue weighted by Crippen LogP contribution is -2.30. The van der Waals surface area contributed by atoms with Gasteiger partial charge in [0.25, 0.3) is 0 Å². The summed E-state index contributed by atoms with van der Waals surface area (Å²) in [5.41, 5.74) is 6.84. The van der Waals surface area contributed by atoms with Crippen LogP contribution in [0.4, 0.5) is 5.69 Å². The molecule has 1 aliphatic carbocycles. The van der Waals surface area contributed by atoms with E-state index in [-0.39, 0.29) is 11.3 Å². The molecule has 6 heteroatoms. The summed E-state index contributed by atoms with van der Waals surface area (Å²) in [4.78, 5) is 12.0. The fourth-order valence-corrected chi connectivity index (χ4v) is 1.93. The highest BCUT2D eigenvalue weighted by atomic mass is 16.4. The molecule has 0 radical (unpaired) electrons. The Labute approximate surface area is 110 Å². The van der Waals surface area contributed by atoms with Crippen molar-refractivity contribution in [3.63, 3.8) is 0 Å². The van der Waals surface area contributed by atoms with Crippen molar-refractivity contribution in [3.05, 3.63) is 30.7 Å². The molecule has 0 spiro atoms. The Morgan fingerprint density at radius 3 is 2.63 bits per heavy atom. The molecule has 0 saturated heterocycles. The molecule has 0 aliphatic heterocycles. The summed E-state index contributed by atoms with van der Waals surface area (Å²) < 4.78 is 5.10. The molecule has 1 fully saturated rings. The summed E-state index contributed by atoms with van der Waals surface area (Å²) in [7, 11) is 0. The van der Waals surface area contributed by atoms with E-state index in [9.17, 15) is 4.79 Å². The van der Waals surface area contributed by atoms with E-state index in [1.54, 1.807) is 0 Å². The van der Waals surface area contributed by atoms with Crippen LogP contribution in [0.5, 0.6) is 0 Å². The van der Waals surface area contributed by atoms with Gasteiger partial charge in [-0.25, -0.2) is 0 Å². The lowest BCUT2D eigenvalue weighted by atomic mass is 10.1. The first-order chi connectivity index (χ1) is 9.23. The predicted octanol–water partition coefficient (Wildman–Crippen LogP) is 1.41. The zero-order valence-corrected chi connectivity index (χ0v) is 10.3. The highest BCUT2D eigenvalue weighted by Gasteiger charge is 2.48. The normalized spacial score (nSPS) is 16.1. The van der Waals surface area contributed by atoms with E-state index in [4.69, 9.17) is 10.2 Å². The van der Waals surface area contributed by atoms with Crippen LogP contribution in [0.1, 0.15) is 12.8 Å². The van der Waals surface area contributed by atoms with Crippen molar-refractivity contribution in [2.24, 2.45) is 11.1 Å².